The molecule has 2 aromatic rings. The van der Waals surface area contributed by atoms with Crippen LogP contribution in [-0.4, -0.2) is 13.4 Å². The molecule has 4 nitrogen and oxygen atoms in total. The third-order valence-electron chi connectivity index (χ3n) is 2.09. The molecule has 1 aromatic heterocycles. The molecule has 0 aliphatic rings. The number of sulfonamides is 1. The maximum absolute atomic E-state index is 13.4. The van der Waals surface area contributed by atoms with Gasteiger partial charge in [0, 0.05) is 11.1 Å². The predicted octanol–water partition coefficient (Wildman–Crippen LogP) is 2.02. The molecule has 0 aliphatic carbocycles. The molecule has 94 valence electrons. The molecule has 0 saturated heterocycles. The maximum Gasteiger partial charge on any atom is 0.239 e. The van der Waals surface area contributed by atoms with Gasteiger partial charge in [0.25, 0.3) is 0 Å². The van der Waals surface area contributed by atoms with Crippen LogP contribution >= 0.6 is 11.8 Å². The van der Waals surface area contributed by atoms with E-state index in [2.05, 4.69) is 4.98 Å². The Hall–Kier alpha value is -1.44. The summed E-state index contributed by atoms with van der Waals surface area (Å²) in [6.07, 6.45) is 1.15. The van der Waals surface area contributed by atoms with Crippen LogP contribution in [0.2, 0.25) is 0 Å². The summed E-state index contributed by atoms with van der Waals surface area (Å²) in [6.45, 7) is 0. The lowest BCUT2D eigenvalue weighted by Crippen LogP contribution is -2.12. The van der Waals surface area contributed by atoms with Gasteiger partial charge in [0.1, 0.15) is 15.7 Å². The molecule has 0 atom stereocenters. The van der Waals surface area contributed by atoms with Crippen molar-refractivity contribution in [2.24, 2.45) is 5.14 Å². The second kappa shape index (κ2) is 5.05. The third kappa shape index (κ3) is 3.06. The van der Waals surface area contributed by atoms with Crippen LogP contribution in [0.1, 0.15) is 0 Å². The third-order valence-corrected chi connectivity index (χ3v) is 3.99. The number of benzene rings is 1. The first-order valence-corrected chi connectivity index (χ1v) is 7.24. The molecule has 18 heavy (non-hydrogen) atoms. The van der Waals surface area contributed by atoms with Crippen molar-refractivity contribution in [3.8, 4) is 0 Å². The smallest absolute Gasteiger partial charge is 0.239 e. The van der Waals surface area contributed by atoms with Crippen molar-refractivity contribution >= 4 is 21.8 Å². The molecule has 0 unspecified atom stereocenters. The summed E-state index contributed by atoms with van der Waals surface area (Å²) in [5, 5.41) is 5.44. The minimum Gasteiger partial charge on any atom is -0.248 e. The first-order chi connectivity index (χ1) is 8.47. The van der Waals surface area contributed by atoms with E-state index in [0.29, 0.717) is 9.92 Å². The van der Waals surface area contributed by atoms with E-state index in [1.807, 2.05) is 0 Å². The second-order valence-corrected chi connectivity index (χ2v) is 6.03. The standard InChI is InChI=1S/C11H9FN2O2S2/c12-9-3-1-2-4-10(9)17-11-6-5-8(7-14-11)18(13,15)16/h1-7H,(H2,13,15,16). The summed E-state index contributed by atoms with van der Waals surface area (Å²) in [5.41, 5.74) is 0. The summed E-state index contributed by atoms with van der Waals surface area (Å²) in [6, 6.07) is 9.10. The number of hydrogen-bond donors (Lipinski definition) is 1. The zero-order valence-corrected chi connectivity index (χ0v) is 10.7. The molecular weight excluding hydrogens is 275 g/mol. The van der Waals surface area contributed by atoms with Crippen molar-refractivity contribution in [3.05, 3.63) is 48.4 Å². The quantitative estimate of drug-likeness (QED) is 0.935. The van der Waals surface area contributed by atoms with E-state index in [4.69, 9.17) is 5.14 Å². The fourth-order valence-electron chi connectivity index (χ4n) is 1.24. The first kappa shape index (κ1) is 13.0. The summed E-state index contributed by atoms with van der Waals surface area (Å²) in [5.74, 6) is -0.347. The number of aromatic nitrogens is 1. The monoisotopic (exact) mass is 284 g/mol. The highest BCUT2D eigenvalue weighted by atomic mass is 32.2. The Kier molecular flexibility index (Phi) is 3.65. The van der Waals surface area contributed by atoms with Crippen LogP contribution in [0.15, 0.2) is 57.4 Å². The topological polar surface area (TPSA) is 73.1 Å². The number of rotatable bonds is 3. The van der Waals surface area contributed by atoms with Crippen LogP contribution in [0.4, 0.5) is 4.39 Å². The molecule has 0 saturated carbocycles. The van der Waals surface area contributed by atoms with Gasteiger partial charge in [-0.05, 0) is 24.3 Å². The van der Waals surface area contributed by atoms with Crippen LogP contribution in [0.25, 0.3) is 0 Å². The number of primary sulfonamides is 1. The van der Waals surface area contributed by atoms with Crippen molar-refractivity contribution in [1.82, 2.24) is 4.98 Å². The van der Waals surface area contributed by atoms with Crippen LogP contribution in [0.3, 0.4) is 0 Å². The summed E-state index contributed by atoms with van der Waals surface area (Å²) < 4.78 is 35.4. The van der Waals surface area contributed by atoms with Crippen molar-refractivity contribution < 1.29 is 12.8 Å². The van der Waals surface area contributed by atoms with Gasteiger partial charge in [-0.25, -0.2) is 22.9 Å². The molecule has 0 spiro atoms. The zero-order chi connectivity index (χ0) is 13.2. The van der Waals surface area contributed by atoms with Crippen LogP contribution in [0, 0.1) is 5.82 Å². The van der Waals surface area contributed by atoms with E-state index >= 15 is 0 Å². The van der Waals surface area contributed by atoms with Gasteiger partial charge in [-0.1, -0.05) is 23.9 Å². The minimum atomic E-state index is -3.75. The maximum atomic E-state index is 13.4. The van der Waals surface area contributed by atoms with Crippen LogP contribution < -0.4 is 5.14 Å². The highest BCUT2D eigenvalue weighted by Gasteiger charge is 2.09. The summed E-state index contributed by atoms with van der Waals surface area (Å²) >= 11 is 1.11. The molecule has 0 aliphatic heterocycles. The first-order valence-electron chi connectivity index (χ1n) is 4.88. The molecule has 0 radical (unpaired) electrons. The van der Waals surface area contributed by atoms with E-state index in [-0.39, 0.29) is 10.7 Å². The van der Waals surface area contributed by atoms with Gasteiger partial charge in [-0.2, -0.15) is 0 Å². The van der Waals surface area contributed by atoms with Gasteiger partial charge in [0.15, 0.2) is 0 Å². The number of pyridine rings is 1. The Morgan fingerprint density at radius 2 is 1.89 bits per heavy atom. The van der Waals surface area contributed by atoms with Crippen LogP contribution in [-0.2, 0) is 10.0 Å². The van der Waals surface area contributed by atoms with Crippen molar-refractivity contribution in [1.29, 1.82) is 0 Å². The van der Waals surface area contributed by atoms with Gasteiger partial charge < -0.3 is 0 Å². The molecule has 2 N–H and O–H groups in total. The molecule has 1 heterocycles. The highest BCUT2D eigenvalue weighted by Crippen LogP contribution is 2.28. The van der Waals surface area contributed by atoms with Gasteiger partial charge in [0.2, 0.25) is 10.0 Å². The fourth-order valence-corrected chi connectivity index (χ4v) is 2.47. The minimum absolute atomic E-state index is 0.0691. The van der Waals surface area contributed by atoms with Gasteiger partial charge in [-0.3, -0.25) is 0 Å². The lowest BCUT2D eigenvalue weighted by Gasteiger charge is -2.03. The van der Waals surface area contributed by atoms with Gasteiger partial charge >= 0.3 is 0 Å². The second-order valence-electron chi connectivity index (χ2n) is 3.41. The fraction of sp³-hybridized carbons (Fsp3) is 0. The molecule has 0 fully saturated rings. The van der Waals surface area contributed by atoms with E-state index in [0.717, 1.165) is 18.0 Å². The van der Waals surface area contributed by atoms with Gasteiger partial charge in [-0.15, -0.1) is 0 Å². The van der Waals surface area contributed by atoms with E-state index in [1.165, 1.54) is 18.2 Å². The SMILES string of the molecule is NS(=O)(=O)c1ccc(Sc2ccccc2F)nc1. The molecule has 1 aromatic carbocycles. The average molecular weight is 284 g/mol. The normalized spacial score (nSPS) is 11.4. The van der Waals surface area contributed by atoms with E-state index in [9.17, 15) is 12.8 Å². The molecule has 2 rings (SSSR count). The number of nitrogens with two attached hydrogens (primary N) is 1. The van der Waals surface area contributed by atoms with Crippen LogP contribution in [0.5, 0.6) is 0 Å². The largest absolute Gasteiger partial charge is 0.248 e. The zero-order valence-electron chi connectivity index (χ0n) is 9.08. The lowest BCUT2D eigenvalue weighted by atomic mass is 10.3. The Bertz CT molecular complexity index is 657. The Balaban J connectivity index is 2.24. The average Bonchev–Trinajstić information content (AvgIpc) is 2.32. The Morgan fingerprint density at radius 1 is 1.17 bits per heavy atom. The Morgan fingerprint density at radius 3 is 2.44 bits per heavy atom. The predicted molar refractivity (Wildman–Crippen MR) is 66.1 cm³/mol. The molecule has 0 amide bonds. The molecule has 7 heteroatoms. The van der Waals surface area contributed by atoms with Gasteiger partial charge in [0.05, 0.1) is 0 Å². The number of nitrogens with zero attached hydrogens (tertiary/aromatic N) is 1. The molecule has 0 bridgehead atoms. The van der Waals surface area contributed by atoms with E-state index in [1.54, 1.807) is 18.2 Å². The van der Waals surface area contributed by atoms with E-state index < -0.39 is 10.0 Å². The highest BCUT2D eigenvalue weighted by molar-refractivity contribution is 7.99. The van der Waals surface area contributed by atoms with Crippen molar-refractivity contribution in [2.75, 3.05) is 0 Å². The van der Waals surface area contributed by atoms with Crippen molar-refractivity contribution in [2.45, 2.75) is 14.8 Å². The number of hydrogen-bond acceptors (Lipinski definition) is 4. The lowest BCUT2D eigenvalue weighted by molar-refractivity contribution is 0.596. The number of halogens is 1. The summed E-state index contributed by atoms with van der Waals surface area (Å²) in [7, 11) is -3.75. The van der Waals surface area contributed by atoms with Crippen molar-refractivity contribution in [3.63, 3.8) is 0 Å². The summed E-state index contributed by atoms with van der Waals surface area (Å²) in [4.78, 5) is 4.27. The Labute approximate surface area is 108 Å². The molecular formula is C11H9FN2O2S2.